The third kappa shape index (κ3) is 2.02. The van der Waals surface area contributed by atoms with Crippen LogP contribution < -0.4 is 5.46 Å². The summed E-state index contributed by atoms with van der Waals surface area (Å²) in [4.78, 5) is 0. The lowest BCUT2D eigenvalue weighted by molar-refractivity contribution is 0.291. The van der Waals surface area contributed by atoms with E-state index in [2.05, 4.69) is 34.6 Å². The van der Waals surface area contributed by atoms with E-state index in [4.69, 9.17) is 9.31 Å². The molecule has 0 atom stereocenters. The molecule has 0 aliphatic carbocycles. The maximum atomic E-state index is 5.37. The van der Waals surface area contributed by atoms with Crippen LogP contribution in [0.25, 0.3) is 0 Å². The molecule has 0 aliphatic heterocycles. The topological polar surface area (TPSA) is 18.5 Å². The van der Waals surface area contributed by atoms with Gasteiger partial charge >= 0.3 is 7.12 Å². The lowest BCUT2D eigenvalue weighted by Gasteiger charge is -2.21. The summed E-state index contributed by atoms with van der Waals surface area (Å²) in [7, 11) is 3.09. The second-order valence-corrected chi connectivity index (χ2v) is 4.34. The molecule has 0 aromatic heterocycles. The van der Waals surface area contributed by atoms with Gasteiger partial charge < -0.3 is 9.31 Å². The largest absolute Gasteiger partial charge is 0.494 e. The van der Waals surface area contributed by atoms with Gasteiger partial charge in [0, 0.05) is 14.2 Å². The van der Waals surface area contributed by atoms with E-state index < -0.39 is 0 Å². The molecule has 2 nitrogen and oxygen atoms in total. The van der Waals surface area contributed by atoms with Gasteiger partial charge in [-0.15, -0.1) is 0 Å². The lowest BCUT2D eigenvalue weighted by atomic mass is 9.70. The maximum absolute atomic E-state index is 5.37. The van der Waals surface area contributed by atoms with Gasteiger partial charge in [-0.1, -0.05) is 0 Å². The highest BCUT2D eigenvalue weighted by atomic mass is 16.6. The summed E-state index contributed by atoms with van der Waals surface area (Å²) < 4.78 is 10.7. The highest BCUT2D eigenvalue weighted by Gasteiger charge is 2.25. The molecule has 0 radical (unpaired) electrons. The summed E-state index contributed by atoms with van der Waals surface area (Å²) in [6, 6.07) is 0. The molecule has 0 bridgehead atoms. The smallest absolute Gasteiger partial charge is 0.410 e. The molecule has 0 heterocycles. The molecule has 1 aromatic rings. The number of benzene rings is 1. The predicted molar refractivity (Wildman–Crippen MR) is 69.5 cm³/mol. The van der Waals surface area contributed by atoms with E-state index >= 15 is 0 Å². The van der Waals surface area contributed by atoms with E-state index in [-0.39, 0.29) is 7.12 Å². The number of hydrogen-bond acceptors (Lipinski definition) is 2. The van der Waals surface area contributed by atoms with E-state index in [0.717, 1.165) is 0 Å². The minimum absolute atomic E-state index is 0.266. The normalized spacial score (nSPS) is 10.7. The molecule has 3 heteroatoms. The lowest BCUT2D eigenvalue weighted by Crippen LogP contribution is -2.39. The summed E-state index contributed by atoms with van der Waals surface area (Å²) in [5.41, 5.74) is 7.74. The third-order valence-corrected chi connectivity index (χ3v) is 3.72. The van der Waals surface area contributed by atoms with E-state index in [1.54, 1.807) is 14.2 Å². The fourth-order valence-electron chi connectivity index (χ4n) is 2.21. The van der Waals surface area contributed by atoms with Crippen molar-refractivity contribution in [1.82, 2.24) is 0 Å². The van der Waals surface area contributed by atoms with Crippen molar-refractivity contribution in [1.29, 1.82) is 0 Å². The molecule has 1 rings (SSSR count). The van der Waals surface area contributed by atoms with Gasteiger partial charge in [-0.2, -0.15) is 0 Å². The molecule has 0 saturated carbocycles. The van der Waals surface area contributed by atoms with Crippen molar-refractivity contribution < 1.29 is 9.31 Å². The molecule has 0 unspecified atom stereocenters. The first-order valence-corrected chi connectivity index (χ1v) is 5.58. The standard InChI is InChI=1S/C13H21BO2/c1-8-9(2)11(4)13(12(5)10(8)3)14(15-6)16-7/h1-7H3. The summed E-state index contributed by atoms with van der Waals surface area (Å²) in [6.07, 6.45) is 0. The van der Waals surface area contributed by atoms with Crippen LogP contribution in [-0.2, 0) is 9.31 Å². The Morgan fingerprint density at radius 1 is 0.625 bits per heavy atom. The van der Waals surface area contributed by atoms with Crippen LogP contribution >= 0.6 is 0 Å². The maximum Gasteiger partial charge on any atom is 0.494 e. The van der Waals surface area contributed by atoms with Gasteiger partial charge in [0.15, 0.2) is 0 Å². The van der Waals surface area contributed by atoms with Gasteiger partial charge in [0.05, 0.1) is 0 Å². The van der Waals surface area contributed by atoms with E-state index in [1.165, 1.54) is 33.3 Å². The zero-order valence-electron chi connectivity index (χ0n) is 11.4. The Morgan fingerprint density at radius 2 is 0.938 bits per heavy atom. The molecule has 0 fully saturated rings. The summed E-state index contributed by atoms with van der Waals surface area (Å²) >= 11 is 0. The molecule has 0 amide bonds. The SMILES string of the molecule is COB(OC)c1c(C)c(C)c(C)c(C)c1C. The Labute approximate surface area is 99.1 Å². The first kappa shape index (κ1) is 13.3. The van der Waals surface area contributed by atoms with Crippen LogP contribution in [0.15, 0.2) is 0 Å². The molecular formula is C13H21BO2. The van der Waals surface area contributed by atoms with Gasteiger partial charge in [0.1, 0.15) is 0 Å². The fraction of sp³-hybridized carbons (Fsp3) is 0.538. The van der Waals surface area contributed by atoms with Gasteiger partial charge in [0.25, 0.3) is 0 Å². The van der Waals surface area contributed by atoms with Crippen LogP contribution in [0.2, 0.25) is 0 Å². The first-order chi connectivity index (χ1) is 7.45. The molecule has 0 saturated heterocycles. The molecule has 0 N–H and O–H groups in total. The van der Waals surface area contributed by atoms with Gasteiger partial charge in [0.2, 0.25) is 0 Å². The van der Waals surface area contributed by atoms with Crippen molar-refractivity contribution >= 4 is 12.6 Å². The monoisotopic (exact) mass is 220 g/mol. The zero-order chi connectivity index (χ0) is 12.5. The minimum Gasteiger partial charge on any atom is -0.410 e. The van der Waals surface area contributed by atoms with Crippen LogP contribution in [0.1, 0.15) is 27.8 Å². The zero-order valence-corrected chi connectivity index (χ0v) is 11.4. The Kier molecular flexibility index (Phi) is 4.17. The van der Waals surface area contributed by atoms with Gasteiger partial charge in [-0.3, -0.25) is 0 Å². The number of hydrogen-bond donors (Lipinski definition) is 0. The summed E-state index contributed by atoms with van der Waals surface area (Å²) in [5.74, 6) is 0. The van der Waals surface area contributed by atoms with E-state index in [1.807, 2.05) is 0 Å². The summed E-state index contributed by atoms with van der Waals surface area (Å²) in [5, 5.41) is 0. The van der Waals surface area contributed by atoms with Gasteiger partial charge in [-0.05, 0) is 67.9 Å². The Hall–Kier alpha value is -0.795. The van der Waals surface area contributed by atoms with Crippen LogP contribution in [-0.4, -0.2) is 21.3 Å². The Bertz CT molecular complexity index is 366. The van der Waals surface area contributed by atoms with E-state index in [0.29, 0.717) is 0 Å². The first-order valence-electron chi connectivity index (χ1n) is 5.58. The molecular weight excluding hydrogens is 199 g/mol. The molecule has 88 valence electrons. The van der Waals surface area contributed by atoms with E-state index in [9.17, 15) is 0 Å². The van der Waals surface area contributed by atoms with Crippen molar-refractivity contribution in [2.45, 2.75) is 34.6 Å². The Balaban J connectivity index is 3.50. The average molecular weight is 220 g/mol. The van der Waals surface area contributed by atoms with Crippen LogP contribution in [0.3, 0.4) is 0 Å². The minimum atomic E-state index is -0.266. The predicted octanol–water partition coefficient (Wildman–Crippen LogP) is 2.22. The third-order valence-electron chi connectivity index (χ3n) is 3.72. The highest BCUT2D eigenvalue weighted by Crippen LogP contribution is 2.19. The van der Waals surface area contributed by atoms with Crippen molar-refractivity contribution in [2.75, 3.05) is 14.2 Å². The van der Waals surface area contributed by atoms with Crippen molar-refractivity contribution in [2.24, 2.45) is 0 Å². The molecule has 16 heavy (non-hydrogen) atoms. The summed E-state index contributed by atoms with van der Waals surface area (Å²) in [6.45, 7) is 10.7. The second-order valence-electron chi connectivity index (χ2n) is 4.34. The van der Waals surface area contributed by atoms with Crippen molar-refractivity contribution in [3.05, 3.63) is 27.8 Å². The number of rotatable bonds is 3. The van der Waals surface area contributed by atoms with Gasteiger partial charge in [-0.25, -0.2) is 0 Å². The van der Waals surface area contributed by atoms with Crippen LogP contribution in [0.4, 0.5) is 0 Å². The Morgan fingerprint density at radius 3 is 1.25 bits per heavy atom. The fourth-order valence-corrected chi connectivity index (χ4v) is 2.21. The quantitative estimate of drug-likeness (QED) is 0.727. The van der Waals surface area contributed by atoms with Crippen LogP contribution in [0.5, 0.6) is 0 Å². The molecule has 0 spiro atoms. The highest BCUT2D eigenvalue weighted by molar-refractivity contribution is 6.62. The van der Waals surface area contributed by atoms with Crippen molar-refractivity contribution in [3.8, 4) is 0 Å². The second kappa shape index (κ2) is 5.02. The van der Waals surface area contributed by atoms with Crippen LogP contribution in [0, 0.1) is 34.6 Å². The van der Waals surface area contributed by atoms with Crippen molar-refractivity contribution in [3.63, 3.8) is 0 Å². The molecule has 1 aromatic carbocycles. The molecule has 0 aliphatic rings. The average Bonchev–Trinajstić information content (AvgIpc) is 2.29.